The summed E-state index contributed by atoms with van der Waals surface area (Å²) in [4.78, 5) is 26.2. The lowest BCUT2D eigenvalue weighted by atomic mass is 10.1. The second-order valence-electron chi connectivity index (χ2n) is 5.63. The zero-order chi connectivity index (χ0) is 16.8. The molecule has 0 saturated heterocycles. The van der Waals surface area contributed by atoms with Crippen LogP contribution in [0.4, 0.5) is 10.6 Å². The summed E-state index contributed by atoms with van der Waals surface area (Å²) in [5.41, 5.74) is 5.54. The highest BCUT2D eigenvalue weighted by molar-refractivity contribution is 5.93. The molecule has 0 aliphatic heterocycles. The van der Waals surface area contributed by atoms with Gasteiger partial charge >= 0.3 is 12.1 Å². The van der Waals surface area contributed by atoms with Gasteiger partial charge in [-0.05, 0) is 38.8 Å². The fourth-order valence-corrected chi connectivity index (χ4v) is 1.55. The molecular formula is C15H21N3O4. The molecule has 7 heteroatoms. The smallest absolute Gasteiger partial charge is 0.407 e. The summed E-state index contributed by atoms with van der Waals surface area (Å²) in [5.74, 6) is -1.14. The number of pyridine rings is 1. The van der Waals surface area contributed by atoms with E-state index in [0.29, 0.717) is 18.5 Å². The van der Waals surface area contributed by atoms with Gasteiger partial charge in [-0.1, -0.05) is 12.2 Å². The second-order valence-corrected chi connectivity index (χ2v) is 5.63. The molecule has 120 valence electrons. The number of amides is 1. The van der Waals surface area contributed by atoms with E-state index < -0.39 is 17.7 Å². The lowest BCUT2D eigenvalue weighted by Gasteiger charge is -2.19. The molecule has 1 rings (SSSR count). The van der Waals surface area contributed by atoms with E-state index in [1.54, 1.807) is 32.9 Å². The Balaban J connectivity index is 2.45. The molecule has 0 atom stereocenters. The van der Waals surface area contributed by atoms with Gasteiger partial charge in [-0.15, -0.1) is 0 Å². The maximum atomic E-state index is 11.4. The Morgan fingerprint density at radius 1 is 1.45 bits per heavy atom. The molecule has 0 bridgehead atoms. The molecule has 4 N–H and O–H groups in total. The number of nitrogens with zero attached hydrogens (tertiary/aromatic N) is 1. The quantitative estimate of drug-likeness (QED) is 0.719. The van der Waals surface area contributed by atoms with E-state index >= 15 is 0 Å². The topological polar surface area (TPSA) is 115 Å². The minimum Gasteiger partial charge on any atom is -0.478 e. The van der Waals surface area contributed by atoms with E-state index in [1.165, 1.54) is 12.3 Å². The minimum atomic E-state index is -1.12. The first kappa shape index (κ1) is 17.5. The van der Waals surface area contributed by atoms with Crippen LogP contribution in [0.3, 0.4) is 0 Å². The number of carboxylic acid groups (broad SMARTS) is 1. The summed E-state index contributed by atoms with van der Waals surface area (Å²) in [7, 11) is 0. The molecule has 0 aromatic carbocycles. The van der Waals surface area contributed by atoms with Crippen LogP contribution in [0, 0.1) is 0 Å². The van der Waals surface area contributed by atoms with Crippen molar-refractivity contribution >= 4 is 24.0 Å². The summed E-state index contributed by atoms with van der Waals surface area (Å²) in [6.45, 7) is 5.79. The zero-order valence-corrected chi connectivity index (χ0v) is 12.9. The number of nitrogens with two attached hydrogens (primary N) is 1. The van der Waals surface area contributed by atoms with Gasteiger partial charge in [0, 0.05) is 12.7 Å². The number of nitrogens with one attached hydrogen (secondary N) is 1. The molecule has 7 nitrogen and oxygen atoms in total. The van der Waals surface area contributed by atoms with Crippen LogP contribution < -0.4 is 11.1 Å². The van der Waals surface area contributed by atoms with Gasteiger partial charge in [-0.25, -0.2) is 14.6 Å². The number of alkyl carbamates (subject to hydrolysis) is 1. The number of hydrogen-bond acceptors (Lipinski definition) is 5. The number of carbonyl (C=O) groups is 2. The van der Waals surface area contributed by atoms with Crippen LogP contribution in [0.5, 0.6) is 0 Å². The molecule has 0 aliphatic carbocycles. The van der Waals surface area contributed by atoms with E-state index in [4.69, 9.17) is 15.6 Å². The Morgan fingerprint density at radius 2 is 2.14 bits per heavy atom. The number of nitrogen functional groups attached to an aromatic ring is 1. The van der Waals surface area contributed by atoms with Crippen LogP contribution in [-0.4, -0.2) is 34.3 Å². The average molecular weight is 307 g/mol. The van der Waals surface area contributed by atoms with Gasteiger partial charge in [-0.3, -0.25) is 0 Å². The van der Waals surface area contributed by atoms with E-state index in [1.807, 2.05) is 0 Å². The van der Waals surface area contributed by atoms with Crippen LogP contribution in [0.15, 0.2) is 18.3 Å². The van der Waals surface area contributed by atoms with Crippen molar-refractivity contribution in [2.45, 2.75) is 32.8 Å². The Kier molecular flexibility index (Phi) is 5.91. The number of rotatable bonds is 5. The normalized spacial score (nSPS) is 11.4. The van der Waals surface area contributed by atoms with Gasteiger partial charge < -0.3 is 20.9 Å². The number of hydrogen-bond donors (Lipinski definition) is 3. The monoisotopic (exact) mass is 307 g/mol. The third-order valence-electron chi connectivity index (χ3n) is 2.46. The van der Waals surface area contributed by atoms with E-state index in [-0.39, 0.29) is 11.4 Å². The Hall–Kier alpha value is -2.57. The molecular weight excluding hydrogens is 286 g/mol. The third-order valence-corrected chi connectivity index (χ3v) is 2.46. The Labute approximate surface area is 129 Å². The minimum absolute atomic E-state index is 0.0174. The maximum absolute atomic E-state index is 11.4. The van der Waals surface area contributed by atoms with Crippen LogP contribution in [0.25, 0.3) is 6.08 Å². The number of carbonyl (C=O) groups excluding carboxylic acids is 1. The van der Waals surface area contributed by atoms with Gasteiger partial charge in [0.1, 0.15) is 17.0 Å². The first-order valence-electron chi connectivity index (χ1n) is 6.81. The van der Waals surface area contributed by atoms with Crippen LogP contribution in [0.1, 0.15) is 43.1 Å². The predicted octanol–water partition coefficient (Wildman–Crippen LogP) is 2.29. The summed E-state index contributed by atoms with van der Waals surface area (Å²) >= 11 is 0. The highest BCUT2D eigenvalue weighted by Gasteiger charge is 2.15. The first-order chi connectivity index (χ1) is 10.2. The highest BCUT2D eigenvalue weighted by atomic mass is 16.6. The SMILES string of the molecule is CC(C)(C)OC(=O)NCCC=Cc1cnc(N)c(C(=O)O)c1. The molecule has 1 amide bonds. The summed E-state index contributed by atoms with van der Waals surface area (Å²) in [5, 5.41) is 11.6. The first-order valence-corrected chi connectivity index (χ1v) is 6.81. The van der Waals surface area contributed by atoms with E-state index in [0.717, 1.165) is 0 Å². The van der Waals surface area contributed by atoms with Crippen molar-refractivity contribution in [2.75, 3.05) is 12.3 Å². The number of anilines is 1. The largest absolute Gasteiger partial charge is 0.478 e. The molecule has 1 heterocycles. The molecule has 1 aromatic rings. The molecule has 0 saturated carbocycles. The van der Waals surface area contributed by atoms with Gasteiger partial charge in [0.25, 0.3) is 0 Å². The van der Waals surface area contributed by atoms with Gasteiger partial charge in [0.2, 0.25) is 0 Å². The van der Waals surface area contributed by atoms with Crippen molar-refractivity contribution in [1.29, 1.82) is 0 Å². The standard InChI is InChI=1S/C15H21N3O4/c1-15(2,3)22-14(21)17-7-5-4-6-10-8-11(13(19)20)12(16)18-9-10/h4,6,8-9H,5,7H2,1-3H3,(H2,16,18)(H,17,21)(H,19,20). The maximum Gasteiger partial charge on any atom is 0.407 e. The second kappa shape index (κ2) is 7.44. The summed E-state index contributed by atoms with van der Waals surface area (Å²) in [6.07, 6.45) is 5.11. The lowest BCUT2D eigenvalue weighted by Crippen LogP contribution is -2.32. The average Bonchev–Trinajstić information content (AvgIpc) is 2.37. The van der Waals surface area contributed by atoms with Crippen LogP contribution in [0.2, 0.25) is 0 Å². The van der Waals surface area contributed by atoms with Crippen molar-refractivity contribution < 1.29 is 19.4 Å². The number of aromatic nitrogens is 1. The molecule has 0 unspecified atom stereocenters. The molecule has 0 fully saturated rings. The Bertz CT molecular complexity index is 577. The van der Waals surface area contributed by atoms with Crippen LogP contribution >= 0.6 is 0 Å². The zero-order valence-electron chi connectivity index (χ0n) is 12.9. The highest BCUT2D eigenvalue weighted by Crippen LogP contribution is 2.12. The van der Waals surface area contributed by atoms with Crippen LogP contribution in [-0.2, 0) is 4.74 Å². The molecule has 0 aliphatic rings. The molecule has 1 aromatic heterocycles. The number of ether oxygens (including phenoxy) is 1. The van der Waals surface area contributed by atoms with Crippen molar-refractivity contribution in [3.8, 4) is 0 Å². The van der Waals surface area contributed by atoms with Crippen molar-refractivity contribution in [3.05, 3.63) is 29.5 Å². The third kappa shape index (κ3) is 6.25. The van der Waals surface area contributed by atoms with Gasteiger partial charge in [-0.2, -0.15) is 0 Å². The lowest BCUT2D eigenvalue weighted by molar-refractivity contribution is 0.0528. The summed E-state index contributed by atoms with van der Waals surface area (Å²) in [6, 6.07) is 1.45. The van der Waals surface area contributed by atoms with E-state index in [9.17, 15) is 9.59 Å². The Morgan fingerprint density at radius 3 is 2.73 bits per heavy atom. The fourth-order valence-electron chi connectivity index (χ4n) is 1.55. The predicted molar refractivity (Wildman–Crippen MR) is 83.5 cm³/mol. The van der Waals surface area contributed by atoms with Crippen molar-refractivity contribution in [3.63, 3.8) is 0 Å². The number of carboxylic acids is 1. The van der Waals surface area contributed by atoms with Gasteiger partial charge in [0.05, 0.1) is 0 Å². The van der Waals surface area contributed by atoms with Crippen molar-refractivity contribution in [2.24, 2.45) is 0 Å². The number of aromatic carboxylic acids is 1. The van der Waals surface area contributed by atoms with Crippen molar-refractivity contribution in [1.82, 2.24) is 10.3 Å². The molecule has 0 radical (unpaired) electrons. The van der Waals surface area contributed by atoms with E-state index in [2.05, 4.69) is 10.3 Å². The fraction of sp³-hybridized carbons (Fsp3) is 0.400. The molecule has 0 spiro atoms. The molecule has 22 heavy (non-hydrogen) atoms. The summed E-state index contributed by atoms with van der Waals surface area (Å²) < 4.78 is 5.09. The van der Waals surface area contributed by atoms with Gasteiger partial charge in [0.15, 0.2) is 0 Å².